The number of hydrogen-bond acceptors (Lipinski definition) is 4. The van der Waals surface area contributed by atoms with Crippen LogP contribution >= 0.6 is 11.3 Å². The Morgan fingerprint density at radius 1 is 1.24 bits per heavy atom. The smallest absolute Gasteiger partial charge is 0.191 e. The number of guanidine groups is 1. The van der Waals surface area contributed by atoms with Crippen LogP contribution in [-0.2, 0) is 15.8 Å². The minimum absolute atomic E-state index is 0.141. The number of halogens is 1. The van der Waals surface area contributed by atoms with Gasteiger partial charge >= 0.3 is 0 Å². The Labute approximate surface area is 176 Å². The highest BCUT2D eigenvalue weighted by Gasteiger charge is 2.34. The van der Waals surface area contributed by atoms with E-state index < -0.39 is 5.60 Å². The van der Waals surface area contributed by atoms with Gasteiger partial charge in [-0.05, 0) is 66.8 Å². The van der Waals surface area contributed by atoms with E-state index in [9.17, 15) is 9.50 Å². The summed E-state index contributed by atoms with van der Waals surface area (Å²) in [6, 6.07) is 8.70. The van der Waals surface area contributed by atoms with Gasteiger partial charge in [-0.1, -0.05) is 12.1 Å². The summed E-state index contributed by atoms with van der Waals surface area (Å²) in [7, 11) is 0. The number of ether oxygens (including phenoxy) is 1. The van der Waals surface area contributed by atoms with Crippen molar-refractivity contribution in [3.8, 4) is 0 Å². The fourth-order valence-corrected chi connectivity index (χ4v) is 4.41. The third kappa shape index (κ3) is 5.56. The second-order valence-electron chi connectivity index (χ2n) is 7.73. The van der Waals surface area contributed by atoms with Gasteiger partial charge in [0.2, 0.25) is 0 Å². The summed E-state index contributed by atoms with van der Waals surface area (Å²) in [6.07, 6.45) is 1.72. The monoisotopic (exact) mass is 419 g/mol. The first-order valence-corrected chi connectivity index (χ1v) is 11.0. The van der Waals surface area contributed by atoms with Crippen LogP contribution in [0, 0.1) is 5.82 Å². The lowest BCUT2D eigenvalue weighted by atomic mass is 9.74. The van der Waals surface area contributed by atoms with Gasteiger partial charge in [0.1, 0.15) is 11.4 Å². The molecule has 1 fully saturated rings. The quantitative estimate of drug-likeness (QED) is 0.475. The topological polar surface area (TPSA) is 65.9 Å². The highest BCUT2D eigenvalue weighted by molar-refractivity contribution is 7.08. The minimum Gasteiger partial charge on any atom is -0.383 e. The van der Waals surface area contributed by atoms with Crippen LogP contribution in [0.3, 0.4) is 0 Å². The van der Waals surface area contributed by atoms with Crippen LogP contribution in [0.1, 0.15) is 37.8 Å². The Kier molecular flexibility index (Phi) is 7.27. The van der Waals surface area contributed by atoms with E-state index in [0.29, 0.717) is 25.7 Å². The zero-order valence-electron chi connectivity index (χ0n) is 17.1. The summed E-state index contributed by atoms with van der Waals surface area (Å²) in [5.74, 6) is 0.436. The van der Waals surface area contributed by atoms with Gasteiger partial charge in [-0.3, -0.25) is 0 Å². The zero-order chi connectivity index (χ0) is 20.7. The van der Waals surface area contributed by atoms with Crippen molar-refractivity contribution in [1.29, 1.82) is 0 Å². The molecule has 0 saturated carbocycles. The number of hydrogen-bond donors (Lipinski definition) is 3. The van der Waals surface area contributed by atoms with Crippen molar-refractivity contribution in [2.45, 2.75) is 37.7 Å². The van der Waals surface area contributed by atoms with Crippen molar-refractivity contribution in [3.63, 3.8) is 0 Å². The molecule has 7 heteroatoms. The molecule has 1 aromatic heterocycles. The molecule has 158 valence electrons. The normalized spacial score (nSPS) is 18.8. The molecule has 1 saturated heterocycles. The molecule has 2 aromatic rings. The summed E-state index contributed by atoms with van der Waals surface area (Å²) >= 11 is 1.56. The van der Waals surface area contributed by atoms with Gasteiger partial charge in [0.15, 0.2) is 5.96 Å². The maximum Gasteiger partial charge on any atom is 0.191 e. The van der Waals surface area contributed by atoms with Gasteiger partial charge in [0.05, 0.1) is 6.54 Å². The molecule has 1 aromatic carbocycles. The van der Waals surface area contributed by atoms with Crippen LogP contribution in [0.25, 0.3) is 0 Å². The Bertz CT molecular complexity index is 785. The molecule has 0 radical (unpaired) electrons. The standard InChI is InChI=1S/C22H30FN3O2S/c1-3-24-20(25-15-21(2,27)18-8-13-29-14-18)26-16-22(9-11-28-12-10-22)17-4-6-19(23)7-5-17/h4-8,13-14,27H,3,9-12,15-16H2,1-2H3,(H2,24,25,26). The molecule has 1 atom stereocenters. The molecule has 0 amide bonds. The first-order chi connectivity index (χ1) is 14.0. The van der Waals surface area contributed by atoms with Gasteiger partial charge in [-0.25, -0.2) is 9.38 Å². The third-order valence-electron chi connectivity index (χ3n) is 5.53. The lowest BCUT2D eigenvalue weighted by molar-refractivity contribution is 0.0513. The maximum absolute atomic E-state index is 13.4. The van der Waals surface area contributed by atoms with Crippen LogP contribution in [0.2, 0.25) is 0 Å². The molecule has 29 heavy (non-hydrogen) atoms. The van der Waals surface area contributed by atoms with E-state index in [1.165, 1.54) is 12.1 Å². The Morgan fingerprint density at radius 2 is 1.97 bits per heavy atom. The summed E-state index contributed by atoms with van der Waals surface area (Å²) < 4.78 is 19.0. The molecule has 2 heterocycles. The largest absolute Gasteiger partial charge is 0.383 e. The van der Waals surface area contributed by atoms with Gasteiger partial charge in [0.25, 0.3) is 0 Å². The SMILES string of the molecule is CCNC(=NCC(C)(O)c1ccsc1)NCC1(c2ccc(F)cc2)CCOCC1. The van der Waals surface area contributed by atoms with Gasteiger partial charge < -0.3 is 20.5 Å². The fourth-order valence-electron chi connectivity index (χ4n) is 3.62. The number of aliphatic hydroxyl groups is 1. The predicted octanol–water partition coefficient (Wildman–Crippen LogP) is 3.40. The van der Waals surface area contributed by atoms with E-state index >= 15 is 0 Å². The fraction of sp³-hybridized carbons (Fsp3) is 0.500. The lowest BCUT2D eigenvalue weighted by Crippen LogP contribution is -2.48. The predicted molar refractivity (Wildman–Crippen MR) is 116 cm³/mol. The molecule has 0 spiro atoms. The summed E-state index contributed by atoms with van der Waals surface area (Å²) in [4.78, 5) is 4.62. The molecule has 3 rings (SSSR count). The van der Waals surface area contributed by atoms with Gasteiger partial charge in [-0.15, -0.1) is 0 Å². The van der Waals surface area contributed by atoms with E-state index in [2.05, 4.69) is 15.6 Å². The highest BCUT2D eigenvalue weighted by Crippen LogP contribution is 2.34. The molecule has 3 N–H and O–H groups in total. The van der Waals surface area contributed by atoms with Crippen molar-refractivity contribution < 1.29 is 14.2 Å². The van der Waals surface area contributed by atoms with Crippen LogP contribution in [0.15, 0.2) is 46.1 Å². The molecule has 0 aliphatic carbocycles. The average Bonchev–Trinajstić information content (AvgIpc) is 3.27. The number of benzene rings is 1. The molecule has 5 nitrogen and oxygen atoms in total. The second kappa shape index (κ2) is 9.69. The molecular weight excluding hydrogens is 389 g/mol. The van der Waals surface area contributed by atoms with E-state index in [1.807, 2.05) is 35.9 Å². The Hall–Kier alpha value is -1.96. The summed E-state index contributed by atoms with van der Waals surface area (Å²) in [6.45, 7) is 6.79. The van der Waals surface area contributed by atoms with Gasteiger partial charge in [-0.2, -0.15) is 11.3 Å². The molecule has 1 aliphatic heterocycles. The maximum atomic E-state index is 13.4. The molecule has 1 unspecified atom stereocenters. The lowest BCUT2D eigenvalue weighted by Gasteiger charge is -2.38. The van der Waals surface area contributed by atoms with Crippen LogP contribution in [-0.4, -0.2) is 43.9 Å². The summed E-state index contributed by atoms with van der Waals surface area (Å²) in [5, 5.41) is 21.4. The van der Waals surface area contributed by atoms with E-state index in [-0.39, 0.29) is 17.8 Å². The number of aliphatic imine (C=N–C) groups is 1. The van der Waals surface area contributed by atoms with Crippen molar-refractivity contribution >= 4 is 17.3 Å². The third-order valence-corrected chi connectivity index (χ3v) is 6.22. The van der Waals surface area contributed by atoms with E-state index in [0.717, 1.165) is 30.5 Å². The van der Waals surface area contributed by atoms with Gasteiger partial charge in [0, 0.05) is 31.7 Å². The van der Waals surface area contributed by atoms with E-state index in [4.69, 9.17) is 4.74 Å². The first-order valence-electron chi connectivity index (χ1n) is 10.1. The van der Waals surface area contributed by atoms with Crippen LogP contribution < -0.4 is 10.6 Å². The van der Waals surface area contributed by atoms with Crippen molar-refractivity contribution in [2.24, 2.45) is 4.99 Å². The molecule has 0 bridgehead atoms. The average molecular weight is 420 g/mol. The van der Waals surface area contributed by atoms with Crippen molar-refractivity contribution in [1.82, 2.24) is 10.6 Å². The van der Waals surface area contributed by atoms with Crippen LogP contribution in [0.4, 0.5) is 4.39 Å². The summed E-state index contributed by atoms with van der Waals surface area (Å²) in [5.41, 5.74) is 0.818. The number of rotatable bonds is 7. The Balaban J connectivity index is 1.73. The number of nitrogens with zero attached hydrogens (tertiary/aromatic N) is 1. The molecular formula is C22H30FN3O2S. The van der Waals surface area contributed by atoms with Crippen molar-refractivity contribution in [3.05, 3.63) is 58.0 Å². The minimum atomic E-state index is -1.02. The van der Waals surface area contributed by atoms with E-state index in [1.54, 1.807) is 18.3 Å². The zero-order valence-corrected chi connectivity index (χ0v) is 17.9. The van der Waals surface area contributed by atoms with Crippen LogP contribution in [0.5, 0.6) is 0 Å². The first kappa shape index (κ1) is 21.7. The Morgan fingerprint density at radius 3 is 2.59 bits per heavy atom. The molecule has 1 aliphatic rings. The number of thiophene rings is 1. The number of nitrogens with one attached hydrogen (secondary N) is 2. The van der Waals surface area contributed by atoms with Crippen molar-refractivity contribution in [2.75, 3.05) is 32.8 Å². The second-order valence-corrected chi connectivity index (χ2v) is 8.51. The highest BCUT2D eigenvalue weighted by atomic mass is 32.1.